The van der Waals surface area contributed by atoms with Crippen molar-refractivity contribution in [3.8, 4) is 68.2 Å². The fourth-order valence-electron chi connectivity index (χ4n) is 5.62. The predicted octanol–water partition coefficient (Wildman–Crippen LogP) is 5.22. The van der Waals surface area contributed by atoms with Gasteiger partial charge in [0.2, 0.25) is 6.10 Å². The van der Waals surface area contributed by atoms with Gasteiger partial charge >= 0.3 is 11.9 Å². The van der Waals surface area contributed by atoms with Crippen LogP contribution in [0.1, 0.15) is 24.0 Å². The Kier molecular flexibility index (Phi) is 9.90. The minimum atomic E-state index is -1.82. The van der Waals surface area contributed by atoms with E-state index in [0.717, 1.165) is 18.2 Å². The molecule has 0 radical (unpaired) electrons. The quantitative estimate of drug-likeness (QED) is 0.0489. The summed E-state index contributed by atoms with van der Waals surface area (Å²) in [6, 6.07) is 16.9. The number of phenols is 8. The normalized spacial score (nSPS) is 12.6. The van der Waals surface area contributed by atoms with E-state index in [1.165, 1.54) is 42.5 Å². The molecule has 0 spiro atoms. The molecule has 13 heteroatoms. The SMILES string of the molecule is CCNC[C@@H](c1cc(O)c(O)c(O)c1)[C@@H](OC(=O)C=Cc1cc(O)c(O)c2ccc(-c3cc(O)c(O)cc3-c3cccc(O)c3)cc12)C(=O)O. The van der Waals surface area contributed by atoms with Crippen LogP contribution in [0.2, 0.25) is 0 Å². The number of aliphatic carboxylic acids is 1. The van der Waals surface area contributed by atoms with Crippen molar-refractivity contribution in [1.29, 1.82) is 0 Å². The number of rotatable bonds is 11. The third-order valence-corrected chi connectivity index (χ3v) is 8.09. The Morgan fingerprint density at radius 3 is 1.94 bits per heavy atom. The fourth-order valence-corrected chi connectivity index (χ4v) is 5.62. The van der Waals surface area contributed by atoms with E-state index in [-0.39, 0.29) is 28.8 Å². The van der Waals surface area contributed by atoms with Gasteiger partial charge in [0.05, 0.1) is 0 Å². The molecule has 0 saturated carbocycles. The van der Waals surface area contributed by atoms with Crippen LogP contribution >= 0.6 is 0 Å². The molecule has 0 bridgehead atoms. The van der Waals surface area contributed by atoms with Crippen LogP contribution in [0.4, 0.5) is 0 Å². The van der Waals surface area contributed by atoms with Gasteiger partial charge in [-0.25, -0.2) is 9.59 Å². The number of hydrogen-bond donors (Lipinski definition) is 10. The maximum atomic E-state index is 13.1. The van der Waals surface area contributed by atoms with Gasteiger partial charge in [-0.3, -0.25) is 0 Å². The number of carboxylic acid groups (broad SMARTS) is 1. The summed E-state index contributed by atoms with van der Waals surface area (Å²) >= 11 is 0. The van der Waals surface area contributed by atoms with Crippen LogP contribution in [-0.4, -0.2) is 77.1 Å². The first-order valence-electron chi connectivity index (χ1n) is 15.2. The van der Waals surface area contributed by atoms with E-state index in [2.05, 4.69) is 5.32 Å². The highest BCUT2D eigenvalue weighted by Gasteiger charge is 2.33. The molecule has 258 valence electrons. The summed E-state index contributed by atoms with van der Waals surface area (Å²) in [5, 5.41) is 95.2. The molecule has 5 rings (SSSR count). The molecular weight excluding hydrogens is 650 g/mol. The molecule has 5 aromatic rings. The Balaban J connectivity index is 1.54. The van der Waals surface area contributed by atoms with Crippen molar-refractivity contribution >= 4 is 28.8 Å². The zero-order valence-electron chi connectivity index (χ0n) is 26.4. The number of nitrogens with one attached hydrogen (secondary N) is 1. The number of carbonyl (C=O) groups is 2. The lowest BCUT2D eigenvalue weighted by Crippen LogP contribution is -2.38. The van der Waals surface area contributed by atoms with Gasteiger partial charge in [0.1, 0.15) is 5.75 Å². The number of carboxylic acids is 1. The number of aromatic hydroxyl groups is 8. The highest BCUT2D eigenvalue weighted by atomic mass is 16.6. The molecule has 0 amide bonds. The first-order valence-corrected chi connectivity index (χ1v) is 15.2. The van der Waals surface area contributed by atoms with Crippen LogP contribution in [0.25, 0.3) is 39.1 Å². The molecule has 0 aromatic heterocycles. The fraction of sp³-hybridized carbons (Fsp3) is 0.135. The second-order valence-corrected chi connectivity index (χ2v) is 11.4. The highest BCUT2D eigenvalue weighted by molar-refractivity contribution is 6.02. The van der Waals surface area contributed by atoms with E-state index in [4.69, 9.17) is 4.74 Å². The minimum absolute atomic E-state index is 0.0309. The van der Waals surface area contributed by atoms with Crippen LogP contribution in [-0.2, 0) is 14.3 Å². The van der Waals surface area contributed by atoms with Gasteiger partial charge in [-0.1, -0.05) is 25.1 Å². The Morgan fingerprint density at radius 1 is 0.720 bits per heavy atom. The molecule has 0 heterocycles. The van der Waals surface area contributed by atoms with Gasteiger partial charge in [0.25, 0.3) is 0 Å². The molecule has 5 aromatic carbocycles. The maximum Gasteiger partial charge on any atom is 0.345 e. The van der Waals surface area contributed by atoms with Gasteiger partial charge in [0.15, 0.2) is 40.2 Å². The van der Waals surface area contributed by atoms with Gasteiger partial charge in [0, 0.05) is 23.9 Å². The number of phenolic OH excluding ortho intramolecular Hbond substituents is 8. The Bertz CT molecular complexity index is 2120. The third kappa shape index (κ3) is 7.12. The smallest absolute Gasteiger partial charge is 0.345 e. The predicted molar refractivity (Wildman–Crippen MR) is 182 cm³/mol. The number of benzene rings is 5. The van der Waals surface area contributed by atoms with Crippen LogP contribution < -0.4 is 5.32 Å². The average Bonchev–Trinajstić information content (AvgIpc) is 3.08. The van der Waals surface area contributed by atoms with Crippen LogP contribution in [0, 0.1) is 0 Å². The summed E-state index contributed by atoms with van der Waals surface area (Å²) in [7, 11) is 0. The molecule has 13 nitrogen and oxygen atoms in total. The number of fused-ring (bicyclic) bond motifs is 1. The van der Waals surface area contributed by atoms with E-state index >= 15 is 0 Å². The van der Waals surface area contributed by atoms with E-state index in [0.29, 0.717) is 34.2 Å². The minimum Gasteiger partial charge on any atom is -0.508 e. The van der Waals surface area contributed by atoms with Crippen LogP contribution in [0.5, 0.6) is 46.0 Å². The molecule has 0 unspecified atom stereocenters. The number of ether oxygens (including phenoxy) is 1. The first-order chi connectivity index (χ1) is 23.8. The van der Waals surface area contributed by atoms with Crippen molar-refractivity contribution < 1.29 is 60.3 Å². The largest absolute Gasteiger partial charge is 0.508 e. The summed E-state index contributed by atoms with van der Waals surface area (Å²) in [6.07, 6.45) is 0.354. The summed E-state index contributed by atoms with van der Waals surface area (Å²) < 4.78 is 5.34. The van der Waals surface area contributed by atoms with E-state index in [9.17, 15) is 55.5 Å². The topological polar surface area (TPSA) is 237 Å². The van der Waals surface area contributed by atoms with Gasteiger partial charge in [-0.15, -0.1) is 0 Å². The van der Waals surface area contributed by atoms with Crippen molar-refractivity contribution in [3.63, 3.8) is 0 Å². The lowest BCUT2D eigenvalue weighted by Gasteiger charge is -2.24. The van der Waals surface area contributed by atoms with Gasteiger partial charge in [-0.2, -0.15) is 0 Å². The number of carbonyl (C=O) groups excluding carboxylic acids is 1. The zero-order chi connectivity index (χ0) is 36.3. The second-order valence-electron chi connectivity index (χ2n) is 11.4. The number of esters is 1. The van der Waals surface area contributed by atoms with E-state index in [1.807, 2.05) is 0 Å². The van der Waals surface area contributed by atoms with Crippen molar-refractivity contribution in [2.75, 3.05) is 13.1 Å². The molecule has 0 saturated heterocycles. The van der Waals surface area contributed by atoms with Crippen molar-refractivity contribution in [2.45, 2.75) is 18.9 Å². The molecule has 0 aliphatic heterocycles. The van der Waals surface area contributed by atoms with Crippen molar-refractivity contribution in [1.82, 2.24) is 5.32 Å². The average molecular weight is 684 g/mol. The summed E-state index contributed by atoms with van der Waals surface area (Å²) in [4.78, 5) is 25.4. The maximum absolute atomic E-state index is 13.1. The lowest BCUT2D eigenvalue weighted by molar-refractivity contribution is -0.162. The van der Waals surface area contributed by atoms with Gasteiger partial charge < -0.3 is 56.0 Å². The summed E-state index contributed by atoms with van der Waals surface area (Å²) in [6.45, 7) is 2.11. The number of hydrogen-bond acceptors (Lipinski definition) is 12. The first kappa shape index (κ1) is 34.7. The van der Waals surface area contributed by atoms with Gasteiger partial charge in [-0.05, 0) is 106 Å². The summed E-state index contributed by atoms with van der Waals surface area (Å²) in [5.41, 5.74) is 2.14. The summed E-state index contributed by atoms with van der Waals surface area (Å²) in [5.74, 6) is -7.76. The Morgan fingerprint density at radius 2 is 1.34 bits per heavy atom. The third-order valence-electron chi connectivity index (χ3n) is 8.09. The molecule has 50 heavy (non-hydrogen) atoms. The van der Waals surface area contributed by atoms with Crippen molar-refractivity contribution in [2.24, 2.45) is 0 Å². The Labute approximate surface area is 284 Å². The van der Waals surface area contributed by atoms with Crippen LogP contribution in [0.3, 0.4) is 0 Å². The molecule has 0 fully saturated rings. The van der Waals surface area contributed by atoms with Crippen molar-refractivity contribution in [3.05, 3.63) is 90.0 Å². The molecule has 10 N–H and O–H groups in total. The van der Waals surface area contributed by atoms with E-state index < -0.39 is 64.2 Å². The molecule has 0 aliphatic rings. The monoisotopic (exact) mass is 683 g/mol. The number of likely N-dealkylation sites (N-methyl/N-ethyl adjacent to an activating group) is 1. The van der Waals surface area contributed by atoms with E-state index in [1.54, 1.807) is 31.2 Å². The molecule has 2 atom stereocenters. The second kappa shape index (κ2) is 14.3. The molecule has 0 aliphatic carbocycles. The molecular formula is C37H33NO12. The Hall–Kier alpha value is -6.60. The zero-order valence-corrected chi connectivity index (χ0v) is 26.4. The highest BCUT2D eigenvalue weighted by Crippen LogP contribution is 2.44. The van der Waals surface area contributed by atoms with Crippen LogP contribution in [0.15, 0.2) is 78.9 Å². The standard InChI is InChI=1S/C37H33NO12/c1-2-38-17-27(21-13-31(43)35(47)32(44)14-21)36(37(48)49)50-33(45)9-7-20-12-30(42)34(46)23-8-6-19(11-24(20)23)26-16-29(41)28(40)15-25(26)18-4-3-5-22(39)10-18/h3-16,27,36,38-44,46-47H,2,17H2,1H3,(H,48,49)/t27-,36+/m0/s1. The lowest BCUT2D eigenvalue weighted by atomic mass is 9.91.